The Morgan fingerprint density at radius 2 is 1.97 bits per heavy atom. The lowest BCUT2D eigenvalue weighted by Gasteiger charge is -2.19. The standard InChI is InChI=1S/C22H20N6O5/c1-22(2,3)33-21(29)27-18-8-7-17(11-14(18)13-24-27)32-19-9-10-23-20(26-19)25-15-5-4-6-16(12-15)28(30)31/h4-13H,1-3H3,(H,23,25,26). The van der Waals surface area contributed by atoms with E-state index < -0.39 is 16.6 Å². The third-order valence-electron chi connectivity index (χ3n) is 4.27. The van der Waals surface area contributed by atoms with Crippen molar-refractivity contribution in [2.24, 2.45) is 0 Å². The molecule has 11 nitrogen and oxygen atoms in total. The molecule has 1 N–H and O–H groups in total. The maximum absolute atomic E-state index is 12.3. The lowest BCUT2D eigenvalue weighted by atomic mass is 10.2. The molecule has 2 heterocycles. The quantitative estimate of drug-likeness (QED) is 0.328. The van der Waals surface area contributed by atoms with Gasteiger partial charge in [-0.15, -0.1) is 0 Å². The number of nitro groups is 1. The first-order chi connectivity index (χ1) is 15.7. The van der Waals surface area contributed by atoms with Gasteiger partial charge in [0.1, 0.15) is 11.4 Å². The first-order valence-electron chi connectivity index (χ1n) is 9.91. The van der Waals surface area contributed by atoms with Crippen LogP contribution in [0.5, 0.6) is 11.6 Å². The highest BCUT2D eigenvalue weighted by molar-refractivity contribution is 5.88. The Balaban J connectivity index is 1.51. The van der Waals surface area contributed by atoms with Crippen molar-refractivity contribution in [2.75, 3.05) is 5.32 Å². The number of non-ortho nitro benzene ring substituents is 1. The summed E-state index contributed by atoms with van der Waals surface area (Å²) in [5.74, 6) is 0.954. The van der Waals surface area contributed by atoms with E-state index >= 15 is 0 Å². The lowest BCUT2D eigenvalue weighted by molar-refractivity contribution is -0.384. The van der Waals surface area contributed by atoms with Crippen LogP contribution in [0.4, 0.5) is 22.1 Å². The van der Waals surface area contributed by atoms with Gasteiger partial charge in [0.25, 0.3) is 5.69 Å². The molecule has 2 aromatic heterocycles. The molecule has 0 aliphatic rings. The van der Waals surface area contributed by atoms with Crippen molar-refractivity contribution in [3.05, 3.63) is 71.0 Å². The molecule has 0 aliphatic carbocycles. The highest BCUT2D eigenvalue weighted by atomic mass is 16.6. The van der Waals surface area contributed by atoms with Gasteiger partial charge in [-0.2, -0.15) is 14.8 Å². The summed E-state index contributed by atoms with van der Waals surface area (Å²) in [4.78, 5) is 31.2. The summed E-state index contributed by atoms with van der Waals surface area (Å²) < 4.78 is 12.4. The van der Waals surface area contributed by atoms with Gasteiger partial charge in [-0.3, -0.25) is 10.1 Å². The van der Waals surface area contributed by atoms with Crippen LogP contribution in [0.25, 0.3) is 10.9 Å². The van der Waals surface area contributed by atoms with Crippen molar-refractivity contribution in [1.29, 1.82) is 0 Å². The van der Waals surface area contributed by atoms with E-state index in [0.29, 0.717) is 22.3 Å². The number of ether oxygens (including phenoxy) is 2. The van der Waals surface area contributed by atoms with Crippen LogP contribution in [0.1, 0.15) is 20.8 Å². The van der Waals surface area contributed by atoms with Crippen molar-refractivity contribution < 1.29 is 19.2 Å². The van der Waals surface area contributed by atoms with E-state index in [1.165, 1.54) is 23.0 Å². The van der Waals surface area contributed by atoms with Crippen molar-refractivity contribution in [2.45, 2.75) is 26.4 Å². The van der Waals surface area contributed by atoms with E-state index in [4.69, 9.17) is 9.47 Å². The van der Waals surface area contributed by atoms with Crippen molar-refractivity contribution >= 4 is 34.3 Å². The van der Waals surface area contributed by atoms with Gasteiger partial charge in [-0.25, -0.2) is 9.78 Å². The molecule has 0 saturated carbocycles. The number of carbonyl (C=O) groups excluding carboxylic acids is 1. The smallest absolute Gasteiger partial charge is 0.435 e. The number of hydrogen-bond donors (Lipinski definition) is 1. The average Bonchev–Trinajstić information content (AvgIpc) is 3.16. The fourth-order valence-electron chi connectivity index (χ4n) is 2.93. The number of benzene rings is 2. The number of rotatable bonds is 5. The van der Waals surface area contributed by atoms with Crippen molar-refractivity contribution in [3.8, 4) is 11.6 Å². The number of hydrogen-bond acceptors (Lipinski definition) is 9. The first kappa shape index (κ1) is 21.7. The van der Waals surface area contributed by atoms with E-state index in [1.54, 1.807) is 63.4 Å². The molecule has 0 fully saturated rings. The summed E-state index contributed by atoms with van der Waals surface area (Å²) in [6.45, 7) is 5.35. The van der Waals surface area contributed by atoms with Crippen LogP contribution >= 0.6 is 0 Å². The maximum Gasteiger partial charge on any atom is 0.435 e. The fourth-order valence-corrected chi connectivity index (χ4v) is 2.93. The van der Waals surface area contributed by atoms with Crippen LogP contribution in [-0.2, 0) is 4.74 Å². The molecule has 4 aromatic rings. The SMILES string of the molecule is CC(C)(C)OC(=O)n1ncc2cc(Oc3ccnc(Nc4cccc([N+](=O)[O-])c4)n3)ccc21. The molecule has 0 unspecified atom stereocenters. The molecule has 0 radical (unpaired) electrons. The van der Waals surface area contributed by atoms with Gasteiger partial charge in [-0.05, 0) is 45.0 Å². The van der Waals surface area contributed by atoms with E-state index in [0.717, 1.165) is 0 Å². The molecule has 0 aliphatic heterocycles. The number of carbonyl (C=O) groups is 1. The van der Waals surface area contributed by atoms with E-state index in [-0.39, 0.29) is 17.5 Å². The van der Waals surface area contributed by atoms with Crippen LogP contribution < -0.4 is 10.1 Å². The predicted octanol–water partition coefficient (Wildman–Crippen LogP) is 5.05. The molecular formula is C22H20N6O5. The molecular weight excluding hydrogens is 428 g/mol. The summed E-state index contributed by atoms with van der Waals surface area (Å²) >= 11 is 0. The Morgan fingerprint density at radius 3 is 2.73 bits per heavy atom. The van der Waals surface area contributed by atoms with Crippen LogP contribution in [0, 0.1) is 10.1 Å². The molecule has 2 aromatic carbocycles. The number of anilines is 2. The molecule has 33 heavy (non-hydrogen) atoms. The van der Waals surface area contributed by atoms with Gasteiger partial charge in [-0.1, -0.05) is 6.07 Å². The zero-order chi connectivity index (χ0) is 23.6. The Hall–Kier alpha value is -4.54. The number of nitro benzene ring substituents is 1. The first-order valence-corrected chi connectivity index (χ1v) is 9.91. The second-order valence-corrected chi connectivity index (χ2v) is 8.01. The minimum atomic E-state index is -0.637. The summed E-state index contributed by atoms with van der Waals surface area (Å²) in [5, 5.41) is 18.7. The fraction of sp³-hybridized carbons (Fsp3) is 0.182. The average molecular weight is 448 g/mol. The highest BCUT2D eigenvalue weighted by Gasteiger charge is 2.20. The zero-order valence-corrected chi connectivity index (χ0v) is 18.1. The minimum absolute atomic E-state index is 0.0485. The van der Waals surface area contributed by atoms with Gasteiger partial charge < -0.3 is 14.8 Å². The van der Waals surface area contributed by atoms with Gasteiger partial charge in [0.2, 0.25) is 11.8 Å². The van der Waals surface area contributed by atoms with Crippen molar-refractivity contribution in [1.82, 2.24) is 19.7 Å². The molecule has 168 valence electrons. The second-order valence-electron chi connectivity index (χ2n) is 8.01. The van der Waals surface area contributed by atoms with Crippen LogP contribution in [0.3, 0.4) is 0 Å². The summed E-state index contributed by atoms with van der Waals surface area (Å²) in [7, 11) is 0. The third kappa shape index (κ3) is 5.21. The van der Waals surface area contributed by atoms with Gasteiger partial charge in [0.15, 0.2) is 0 Å². The van der Waals surface area contributed by atoms with Crippen molar-refractivity contribution in [3.63, 3.8) is 0 Å². The third-order valence-corrected chi connectivity index (χ3v) is 4.27. The van der Waals surface area contributed by atoms with Crippen LogP contribution in [0.2, 0.25) is 0 Å². The number of nitrogens with one attached hydrogen (secondary N) is 1. The van der Waals surface area contributed by atoms with Crippen LogP contribution in [-0.4, -0.2) is 36.4 Å². The molecule has 0 spiro atoms. The number of fused-ring (bicyclic) bond motifs is 1. The molecule has 0 saturated heterocycles. The Labute approximate surface area is 188 Å². The topological polar surface area (TPSA) is 134 Å². The number of nitrogens with zero attached hydrogens (tertiary/aromatic N) is 5. The Bertz CT molecular complexity index is 1340. The maximum atomic E-state index is 12.3. The monoisotopic (exact) mass is 448 g/mol. The lowest BCUT2D eigenvalue weighted by Crippen LogP contribution is -2.27. The molecule has 0 amide bonds. The predicted molar refractivity (Wildman–Crippen MR) is 120 cm³/mol. The van der Waals surface area contributed by atoms with Gasteiger partial charge in [0.05, 0.1) is 16.6 Å². The second kappa shape index (κ2) is 8.54. The molecule has 11 heteroatoms. The van der Waals surface area contributed by atoms with Crippen LogP contribution in [0.15, 0.2) is 60.9 Å². The molecule has 4 rings (SSSR count). The summed E-state index contributed by atoms with van der Waals surface area (Å²) in [6, 6.07) is 12.7. The Kier molecular flexibility index (Phi) is 5.61. The number of aromatic nitrogens is 4. The Morgan fingerprint density at radius 1 is 1.15 bits per heavy atom. The molecule has 0 bridgehead atoms. The largest absolute Gasteiger partial charge is 0.442 e. The highest BCUT2D eigenvalue weighted by Crippen LogP contribution is 2.26. The van der Waals surface area contributed by atoms with E-state index in [9.17, 15) is 14.9 Å². The normalized spacial score (nSPS) is 11.2. The summed E-state index contributed by atoms with van der Waals surface area (Å²) in [6.07, 6.45) is 2.47. The van der Waals surface area contributed by atoms with Gasteiger partial charge >= 0.3 is 6.09 Å². The molecule has 0 atom stereocenters. The van der Waals surface area contributed by atoms with Gasteiger partial charge in [0, 0.05) is 35.5 Å². The summed E-state index contributed by atoms with van der Waals surface area (Å²) in [5.41, 5.74) is 0.360. The van der Waals surface area contributed by atoms with E-state index in [1.807, 2.05) is 0 Å². The van der Waals surface area contributed by atoms with E-state index in [2.05, 4.69) is 20.4 Å². The zero-order valence-electron chi connectivity index (χ0n) is 18.1. The minimum Gasteiger partial charge on any atom is -0.442 e.